The molecule has 1 saturated heterocycles. The van der Waals surface area contributed by atoms with Crippen molar-refractivity contribution in [1.29, 1.82) is 0 Å². The maximum Gasteiger partial charge on any atom is 0.261 e. The van der Waals surface area contributed by atoms with Crippen molar-refractivity contribution in [3.05, 3.63) is 60.7 Å². The molecule has 0 aliphatic carbocycles. The molecule has 1 N–H and O–H groups in total. The van der Waals surface area contributed by atoms with Gasteiger partial charge in [-0.05, 0) is 15.4 Å². The zero-order chi connectivity index (χ0) is 17.2. The van der Waals surface area contributed by atoms with E-state index in [4.69, 9.17) is 9.16 Å². The predicted octanol–water partition coefficient (Wildman–Crippen LogP) is 2.32. The van der Waals surface area contributed by atoms with E-state index in [-0.39, 0.29) is 23.9 Å². The van der Waals surface area contributed by atoms with Crippen LogP contribution in [0.25, 0.3) is 0 Å². The van der Waals surface area contributed by atoms with Gasteiger partial charge in [0.2, 0.25) is 0 Å². The first-order valence-corrected chi connectivity index (χ1v) is 10.4. The first-order chi connectivity index (χ1) is 11.5. The van der Waals surface area contributed by atoms with Crippen LogP contribution in [0.1, 0.15) is 20.8 Å². The van der Waals surface area contributed by atoms with Gasteiger partial charge in [-0.3, -0.25) is 0 Å². The summed E-state index contributed by atoms with van der Waals surface area (Å²) in [4.78, 5) is 0. The molecule has 0 saturated carbocycles. The van der Waals surface area contributed by atoms with E-state index >= 15 is 0 Å². The molecule has 128 valence electrons. The number of aliphatic hydroxyl groups excluding tert-OH is 1. The van der Waals surface area contributed by atoms with Gasteiger partial charge in [-0.15, -0.1) is 0 Å². The van der Waals surface area contributed by atoms with Gasteiger partial charge in [0.25, 0.3) is 8.32 Å². The molecule has 0 amide bonds. The number of rotatable bonds is 6. The van der Waals surface area contributed by atoms with Gasteiger partial charge in [-0.1, -0.05) is 81.4 Å². The van der Waals surface area contributed by atoms with Crippen LogP contribution in [0.4, 0.5) is 0 Å². The second-order valence-corrected chi connectivity index (χ2v) is 11.7. The molecule has 1 aliphatic rings. The van der Waals surface area contributed by atoms with Gasteiger partial charge in [0.1, 0.15) is 12.2 Å². The van der Waals surface area contributed by atoms with Gasteiger partial charge >= 0.3 is 0 Å². The minimum atomic E-state index is -2.48. The van der Waals surface area contributed by atoms with E-state index in [1.807, 2.05) is 12.1 Å². The summed E-state index contributed by atoms with van der Waals surface area (Å²) in [6.45, 7) is 7.37. The maximum absolute atomic E-state index is 9.23. The Kier molecular flexibility index (Phi) is 4.92. The van der Waals surface area contributed by atoms with Crippen LogP contribution >= 0.6 is 0 Å². The van der Waals surface area contributed by atoms with E-state index in [2.05, 4.69) is 69.3 Å². The Morgan fingerprint density at radius 2 is 1.42 bits per heavy atom. The maximum atomic E-state index is 9.23. The van der Waals surface area contributed by atoms with Crippen molar-refractivity contribution in [2.45, 2.75) is 38.0 Å². The third-order valence-corrected chi connectivity index (χ3v) is 9.75. The zero-order valence-corrected chi connectivity index (χ0v) is 15.6. The minimum Gasteiger partial charge on any atom is -0.405 e. The molecule has 0 radical (unpaired) electrons. The van der Waals surface area contributed by atoms with Gasteiger partial charge in [0.15, 0.2) is 0 Å². The first kappa shape index (κ1) is 17.4. The molecule has 1 aliphatic heterocycles. The topological polar surface area (TPSA) is 42.0 Å². The molecule has 0 bridgehead atoms. The summed E-state index contributed by atoms with van der Waals surface area (Å²) >= 11 is 0. The quantitative estimate of drug-likeness (QED) is 0.647. The van der Waals surface area contributed by atoms with Crippen LogP contribution in [0, 0.1) is 0 Å². The van der Waals surface area contributed by atoms with Crippen LogP contribution < -0.4 is 10.4 Å². The van der Waals surface area contributed by atoms with Gasteiger partial charge in [-0.25, -0.2) is 0 Å². The van der Waals surface area contributed by atoms with Gasteiger partial charge in [0, 0.05) is 0 Å². The molecule has 0 spiro atoms. The normalized spacial score (nSPS) is 20.8. The molecule has 0 unspecified atom stereocenters. The summed E-state index contributed by atoms with van der Waals surface area (Å²) < 4.78 is 12.2. The van der Waals surface area contributed by atoms with E-state index in [1.54, 1.807) is 0 Å². The third kappa shape index (κ3) is 3.19. The fraction of sp³-hybridized carbons (Fsp3) is 0.400. The standard InChI is InChI=1S/C20H26O3Si/c1-20(2,3)24(16-10-6-4-7-11-16,17-12-8-5-9-13-17)22-15-19-18(14-21)23-19/h4-13,18-19,21H,14-15H2,1-3H3/t18-,19+/m0/s1. The van der Waals surface area contributed by atoms with Crippen molar-refractivity contribution in [3.8, 4) is 0 Å². The molecule has 2 aromatic carbocycles. The molecule has 2 atom stereocenters. The van der Waals surface area contributed by atoms with Crippen molar-refractivity contribution in [2.24, 2.45) is 0 Å². The van der Waals surface area contributed by atoms with E-state index < -0.39 is 8.32 Å². The van der Waals surface area contributed by atoms with Crippen LogP contribution in [-0.4, -0.2) is 38.8 Å². The highest BCUT2D eigenvalue weighted by Crippen LogP contribution is 2.37. The molecule has 3 rings (SSSR count). The summed E-state index contributed by atoms with van der Waals surface area (Å²) in [5.74, 6) is 0. The van der Waals surface area contributed by atoms with Gasteiger partial charge in [0.05, 0.1) is 13.2 Å². The summed E-state index contributed by atoms with van der Waals surface area (Å²) in [6, 6.07) is 21.1. The number of hydrogen-bond donors (Lipinski definition) is 1. The van der Waals surface area contributed by atoms with Gasteiger partial charge in [-0.2, -0.15) is 0 Å². The van der Waals surface area contributed by atoms with Crippen LogP contribution in [-0.2, 0) is 9.16 Å². The highest BCUT2D eigenvalue weighted by Gasteiger charge is 2.51. The molecular formula is C20H26O3Si. The Hall–Kier alpha value is -1.46. The molecule has 24 heavy (non-hydrogen) atoms. The smallest absolute Gasteiger partial charge is 0.261 e. The van der Waals surface area contributed by atoms with Crippen LogP contribution in [0.15, 0.2) is 60.7 Å². The Balaban J connectivity index is 2.04. The van der Waals surface area contributed by atoms with Crippen molar-refractivity contribution < 1.29 is 14.3 Å². The van der Waals surface area contributed by atoms with Crippen LogP contribution in [0.5, 0.6) is 0 Å². The molecule has 4 heteroatoms. The number of ether oxygens (including phenoxy) is 1. The predicted molar refractivity (Wildman–Crippen MR) is 99.3 cm³/mol. The van der Waals surface area contributed by atoms with Gasteiger partial charge < -0.3 is 14.3 Å². The summed E-state index contributed by atoms with van der Waals surface area (Å²) in [5, 5.41) is 11.7. The average Bonchev–Trinajstić information content (AvgIpc) is 3.35. The number of aliphatic hydroxyl groups is 1. The minimum absolute atomic E-state index is 0.0108. The fourth-order valence-corrected chi connectivity index (χ4v) is 8.02. The Morgan fingerprint density at radius 3 is 1.79 bits per heavy atom. The molecule has 1 heterocycles. The lowest BCUT2D eigenvalue weighted by molar-refractivity contribution is 0.230. The molecule has 1 fully saturated rings. The molecular weight excluding hydrogens is 316 g/mol. The number of hydrogen-bond acceptors (Lipinski definition) is 3. The molecule has 0 aromatic heterocycles. The van der Waals surface area contributed by atoms with Crippen molar-refractivity contribution in [2.75, 3.05) is 13.2 Å². The SMILES string of the molecule is CC(C)(C)[Si](OC[C@H]1O[C@H]1CO)(c1ccccc1)c1ccccc1. The largest absolute Gasteiger partial charge is 0.405 e. The molecule has 3 nitrogen and oxygen atoms in total. The van der Waals surface area contributed by atoms with E-state index in [1.165, 1.54) is 10.4 Å². The monoisotopic (exact) mass is 342 g/mol. The number of epoxide rings is 1. The van der Waals surface area contributed by atoms with E-state index in [0.29, 0.717) is 6.61 Å². The van der Waals surface area contributed by atoms with E-state index in [0.717, 1.165) is 0 Å². The van der Waals surface area contributed by atoms with Crippen LogP contribution in [0.2, 0.25) is 5.04 Å². The average molecular weight is 343 g/mol. The highest BCUT2D eigenvalue weighted by atomic mass is 28.4. The second kappa shape index (κ2) is 6.80. The second-order valence-electron chi connectivity index (χ2n) is 7.37. The summed E-state index contributed by atoms with van der Waals surface area (Å²) in [6.07, 6.45) is -0.0557. The lowest BCUT2D eigenvalue weighted by Crippen LogP contribution is -2.66. The Bertz CT molecular complexity index is 612. The molecule has 2 aromatic rings. The number of benzene rings is 2. The van der Waals surface area contributed by atoms with Crippen molar-refractivity contribution in [1.82, 2.24) is 0 Å². The lowest BCUT2D eigenvalue weighted by atomic mass is 10.2. The summed E-state index contributed by atoms with van der Waals surface area (Å²) in [5.41, 5.74) is 0. The Morgan fingerprint density at radius 1 is 0.917 bits per heavy atom. The highest BCUT2D eigenvalue weighted by molar-refractivity contribution is 6.99. The van der Waals surface area contributed by atoms with Crippen LogP contribution in [0.3, 0.4) is 0 Å². The van der Waals surface area contributed by atoms with E-state index in [9.17, 15) is 5.11 Å². The first-order valence-electron chi connectivity index (χ1n) is 8.50. The van der Waals surface area contributed by atoms with Crippen molar-refractivity contribution in [3.63, 3.8) is 0 Å². The zero-order valence-electron chi connectivity index (χ0n) is 14.6. The third-order valence-electron chi connectivity index (χ3n) is 4.75. The fourth-order valence-electron chi connectivity index (χ4n) is 3.46. The van der Waals surface area contributed by atoms with Crippen molar-refractivity contribution >= 4 is 18.7 Å². The lowest BCUT2D eigenvalue weighted by Gasteiger charge is -2.43. The summed E-state index contributed by atoms with van der Waals surface area (Å²) in [7, 11) is -2.48. The Labute approximate surface area is 145 Å².